The summed E-state index contributed by atoms with van der Waals surface area (Å²) in [6.45, 7) is 6.67. The molecule has 0 saturated carbocycles. The fourth-order valence-electron chi connectivity index (χ4n) is 2.15. The summed E-state index contributed by atoms with van der Waals surface area (Å²) in [7, 11) is 1.71. The molecule has 1 aromatic carbocycles. The molecular formula is C16H23N3O. The maximum Gasteiger partial charge on any atom is 0.0648 e. The van der Waals surface area contributed by atoms with Crippen LogP contribution in [0.5, 0.6) is 0 Å². The van der Waals surface area contributed by atoms with Crippen LogP contribution in [0.3, 0.4) is 0 Å². The Morgan fingerprint density at radius 2 is 2.00 bits per heavy atom. The van der Waals surface area contributed by atoms with Gasteiger partial charge in [-0.25, -0.2) is 4.68 Å². The van der Waals surface area contributed by atoms with Gasteiger partial charge in [0, 0.05) is 31.5 Å². The molecule has 0 fully saturated rings. The summed E-state index contributed by atoms with van der Waals surface area (Å²) in [5.74, 6) is 0. The van der Waals surface area contributed by atoms with Crippen LogP contribution in [0.2, 0.25) is 0 Å². The first-order valence-corrected chi connectivity index (χ1v) is 7.08. The lowest BCUT2D eigenvalue weighted by molar-refractivity contribution is 0.199. The first-order chi connectivity index (χ1) is 9.76. The minimum Gasteiger partial charge on any atom is -0.383 e. The third-order valence-corrected chi connectivity index (χ3v) is 3.50. The molecule has 1 aromatic heterocycles. The minimum atomic E-state index is 0.728. The Balaban J connectivity index is 2.07. The monoisotopic (exact) mass is 273 g/mol. The molecule has 1 N–H and O–H groups in total. The zero-order chi connectivity index (χ0) is 14.4. The van der Waals surface area contributed by atoms with Crippen LogP contribution < -0.4 is 5.32 Å². The topological polar surface area (TPSA) is 39.1 Å². The molecule has 1 heterocycles. The third kappa shape index (κ3) is 3.46. The van der Waals surface area contributed by atoms with E-state index in [1.165, 1.54) is 16.8 Å². The van der Waals surface area contributed by atoms with Crippen molar-refractivity contribution in [1.82, 2.24) is 15.1 Å². The van der Waals surface area contributed by atoms with E-state index in [4.69, 9.17) is 4.74 Å². The van der Waals surface area contributed by atoms with Crippen molar-refractivity contribution >= 4 is 0 Å². The number of hydrogen-bond donors (Lipinski definition) is 1. The van der Waals surface area contributed by atoms with Crippen LogP contribution in [0.4, 0.5) is 0 Å². The summed E-state index contributed by atoms with van der Waals surface area (Å²) < 4.78 is 7.02. The number of aryl methyl sites for hydroxylation is 1. The van der Waals surface area contributed by atoms with Gasteiger partial charge in [-0.3, -0.25) is 0 Å². The Morgan fingerprint density at radius 1 is 1.25 bits per heavy atom. The molecule has 0 aliphatic carbocycles. The van der Waals surface area contributed by atoms with Crippen LogP contribution >= 0.6 is 0 Å². The molecule has 0 saturated heterocycles. The van der Waals surface area contributed by atoms with Crippen molar-refractivity contribution in [3.8, 4) is 5.69 Å². The van der Waals surface area contributed by atoms with E-state index in [1.807, 2.05) is 10.9 Å². The van der Waals surface area contributed by atoms with E-state index in [2.05, 4.69) is 48.5 Å². The van der Waals surface area contributed by atoms with Crippen molar-refractivity contribution in [2.75, 3.05) is 20.3 Å². The molecule has 20 heavy (non-hydrogen) atoms. The van der Waals surface area contributed by atoms with Crippen LogP contribution in [0.1, 0.15) is 23.7 Å². The highest BCUT2D eigenvalue weighted by Gasteiger charge is 2.07. The number of ether oxygens (including phenoxy) is 1. The van der Waals surface area contributed by atoms with Gasteiger partial charge >= 0.3 is 0 Å². The summed E-state index contributed by atoms with van der Waals surface area (Å²) >= 11 is 0. The Bertz CT molecular complexity index is 531. The second kappa shape index (κ2) is 7.22. The Morgan fingerprint density at radius 3 is 2.65 bits per heavy atom. The van der Waals surface area contributed by atoms with E-state index in [9.17, 15) is 0 Å². The van der Waals surface area contributed by atoms with Crippen LogP contribution in [0.15, 0.2) is 30.5 Å². The zero-order valence-electron chi connectivity index (χ0n) is 12.5. The molecule has 0 bridgehead atoms. The molecule has 0 unspecified atom stereocenters. The van der Waals surface area contributed by atoms with Gasteiger partial charge in [0.15, 0.2) is 0 Å². The van der Waals surface area contributed by atoms with Gasteiger partial charge < -0.3 is 10.1 Å². The van der Waals surface area contributed by atoms with Gasteiger partial charge in [-0.15, -0.1) is 0 Å². The maximum atomic E-state index is 5.02. The van der Waals surface area contributed by atoms with Gasteiger partial charge in [-0.05, 0) is 31.0 Å². The molecule has 0 aliphatic heterocycles. The maximum absolute atomic E-state index is 5.02. The quantitative estimate of drug-likeness (QED) is 0.788. The van der Waals surface area contributed by atoms with E-state index in [0.717, 1.165) is 31.8 Å². The predicted molar refractivity (Wildman–Crippen MR) is 81.3 cm³/mol. The van der Waals surface area contributed by atoms with Gasteiger partial charge in [0.05, 0.1) is 18.5 Å². The fourth-order valence-corrected chi connectivity index (χ4v) is 2.15. The van der Waals surface area contributed by atoms with E-state index >= 15 is 0 Å². The van der Waals surface area contributed by atoms with Crippen molar-refractivity contribution in [2.24, 2.45) is 0 Å². The van der Waals surface area contributed by atoms with E-state index in [-0.39, 0.29) is 0 Å². The van der Waals surface area contributed by atoms with Gasteiger partial charge in [-0.1, -0.05) is 19.1 Å². The van der Waals surface area contributed by atoms with Crippen LogP contribution in [0, 0.1) is 6.92 Å². The van der Waals surface area contributed by atoms with Gasteiger partial charge in [0.2, 0.25) is 0 Å². The number of rotatable bonds is 7. The highest BCUT2D eigenvalue weighted by molar-refractivity contribution is 5.37. The van der Waals surface area contributed by atoms with Crippen molar-refractivity contribution in [1.29, 1.82) is 0 Å². The van der Waals surface area contributed by atoms with Crippen LogP contribution in [0.25, 0.3) is 5.69 Å². The number of methoxy groups -OCH3 is 1. The molecule has 4 heteroatoms. The molecular weight excluding hydrogens is 250 g/mol. The molecule has 0 atom stereocenters. The molecule has 2 aromatic rings. The Hall–Kier alpha value is -1.65. The smallest absolute Gasteiger partial charge is 0.0648 e. The minimum absolute atomic E-state index is 0.728. The van der Waals surface area contributed by atoms with Crippen LogP contribution in [-0.2, 0) is 17.7 Å². The summed E-state index contributed by atoms with van der Waals surface area (Å²) in [6, 6.07) is 8.57. The average molecular weight is 273 g/mol. The Kier molecular flexibility index (Phi) is 5.32. The summed E-state index contributed by atoms with van der Waals surface area (Å²) in [5, 5.41) is 7.83. The van der Waals surface area contributed by atoms with E-state index in [0.29, 0.717) is 0 Å². The number of hydrogen-bond acceptors (Lipinski definition) is 3. The predicted octanol–water partition coefficient (Wildman–Crippen LogP) is 2.48. The van der Waals surface area contributed by atoms with E-state index in [1.54, 1.807) is 7.11 Å². The van der Waals surface area contributed by atoms with Gasteiger partial charge in [0.1, 0.15) is 0 Å². The lowest BCUT2D eigenvalue weighted by atomic mass is 10.1. The first kappa shape index (κ1) is 14.8. The second-order valence-corrected chi connectivity index (χ2v) is 4.86. The summed E-state index contributed by atoms with van der Waals surface area (Å²) in [5.41, 5.74) is 4.86. The number of aromatic nitrogens is 2. The molecule has 4 nitrogen and oxygen atoms in total. The largest absolute Gasteiger partial charge is 0.383 e. The number of benzene rings is 1. The lowest BCUT2D eigenvalue weighted by Gasteiger charge is -2.07. The van der Waals surface area contributed by atoms with Crippen molar-refractivity contribution < 1.29 is 4.74 Å². The van der Waals surface area contributed by atoms with Crippen molar-refractivity contribution in [3.05, 3.63) is 47.3 Å². The lowest BCUT2D eigenvalue weighted by Crippen LogP contribution is -2.18. The normalized spacial score (nSPS) is 10.9. The fraction of sp³-hybridized carbons (Fsp3) is 0.438. The molecule has 0 spiro atoms. The summed E-state index contributed by atoms with van der Waals surface area (Å²) in [4.78, 5) is 0. The average Bonchev–Trinajstić information content (AvgIpc) is 2.85. The number of nitrogens with one attached hydrogen (secondary N) is 1. The molecule has 0 amide bonds. The van der Waals surface area contributed by atoms with Gasteiger partial charge in [0.25, 0.3) is 0 Å². The molecule has 0 radical (unpaired) electrons. The highest BCUT2D eigenvalue weighted by atomic mass is 16.5. The second-order valence-electron chi connectivity index (χ2n) is 4.86. The molecule has 108 valence electrons. The van der Waals surface area contributed by atoms with Gasteiger partial charge in [-0.2, -0.15) is 5.10 Å². The van der Waals surface area contributed by atoms with Crippen molar-refractivity contribution in [2.45, 2.75) is 26.8 Å². The Labute approximate surface area is 120 Å². The SMILES string of the molecule is CCc1ccc(-n2ncc(CNCCOC)c2C)cc1. The third-order valence-electron chi connectivity index (χ3n) is 3.50. The molecule has 0 aliphatic rings. The standard InChI is InChI=1S/C16H23N3O/c1-4-14-5-7-16(8-6-14)19-13(2)15(12-18-19)11-17-9-10-20-3/h5-8,12,17H,4,9-11H2,1-3H3. The first-order valence-electron chi connectivity index (χ1n) is 7.08. The van der Waals surface area contributed by atoms with E-state index < -0.39 is 0 Å². The number of nitrogens with zero attached hydrogens (tertiary/aromatic N) is 2. The van der Waals surface area contributed by atoms with Crippen LogP contribution in [-0.4, -0.2) is 30.0 Å². The molecule has 2 rings (SSSR count). The van der Waals surface area contributed by atoms with Crippen molar-refractivity contribution in [3.63, 3.8) is 0 Å². The summed E-state index contributed by atoms with van der Waals surface area (Å²) in [6.07, 6.45) is 3.00. The zero-order valence-corrected chi connectivity index (χ0v) is 12.5. The highest BCUT2D eigenvalue weighted by Crippen LogP contribution is 2.15.